The first-order valence-corrected chi connectivity index (χ1v) is 9.85. The van der Waals surface area contributed by atoms with Crippen molar-refractivity contribution in [2.45, 2.75) is 57.3 Å². The van der Waals surface area contributed by atoms with Crippen molar-refractivity contribution in [2.75, 3.05) is 7.11 Å². The first-order chi connectivity index (χ1) is 12.1. The molecule has 2 aliphatic rings. The van der Waals surface area contributed by atoms with E-state index in [0.717, 1.165) is 30.2 Å². The Morgan fingerprint density at radius 1 is 0.920 bits per heavy atom. The number of ether oxygens (including phenoxy) is 1. The maximum absolute atomic E-state index is 14.0. The van der Waals surface area contributed by atoms with Gasteiger partial charge in [-0.3, -0.25) is 0 Å². The van der Waals surface area contributed by atoms with Crippen molar-refractivity contribution in [3.63, 3.8) is 0 Å². The number of rotatable bonds is 4. The van der Waals surface area contributed by atoms with E-state index in [1.54, 1.807) is 5.54 Å². The smallest absolute Gasteiger partial charge is 0.190 e. The van der Waals surface area contributed by atoms with Crippen LogP contribution in [0.2, 0.25) is 0 Å². The highest BCUT2D eigenvalue weighted by atomic mass is 35.5. The second kappa shape index (κ2) is 8.53. The van der Waals surface area contributed by atoms with Crippen molar-refractivity contribution in [3.05, 3.63) is 40.9 Å². The summed E-state index contributed by atoms with van der Waals surface area (Å²) < 4.78 is 32.7. The molecule has 3 rings (SSSR count). The summed E-state index contributed by atoms with van der Waals surface area (Å²) >= 11 is 5.69. The quantitative estimate of drug-likeness (QED) is 0.567. The van der Waals surface area contributed by atoms with Gasteiger partial charge >= 0.3 is 0 Å². The Bertz CT molecular complexity index is 577. The van der Waals surface area contributed by atoms with Crippen molar-refractivity contribution < 1.29 is 13.5 Å². The summed E-state index contributed by atoms with van der Waals surface area (Å²) in [5.41, 5.74) is 2.44. The molecule has 0 saturated heterocycles. The third kappa shape index (κ3) is 4.36. The van der Waals surface area contributed by atoms with E-state index in [1.165, 1.54) is 57.8 Å². The van der Waals surface area contributed by atoms with Crippen molar-refractivity contribution >= 4 is 11.6 Å². The van der Waals surface area contributed by atoms with Crippen LogP contribution in [0.4, 0.5) is 8.78 Å². The van der Waals surface area contributed by atoms with Gasteiger partial charge in [0.15, 0.2) is 17.4 Å². The zero-order valence-corrected chi connectivity index (χ0v) is 15.6. The lowest BCUT2D eigenvalue weighted by molar-refractivity contribution is 0.171. The zero-order chi connectivity index (χ0) is 17.8. The van der Waals surface area contributed by atoms with E-state index in [0.29, 0.717) is 5.92 Å². The Kier molecular flexibility index (Phi) is 6.38. The highest BCUT2D eigenvalue weighted by Crippen LogP contribution is 2.44. The molecule has 1 aromatic carbocycles. The maximum Gasteiger partial charge on any atom is 0.190 e. The van der Waals surface area contributed by atoms with Gasteiger partial charge in [-0.2, -0.15) is 0 Å². The molecule has 0 bridgehead atoms. The molecule has 0 radical (unpaired) electrons. The first-order valence-electron chi connectivity index (χ1n) is 9.42. The highest BCUT2D eigenvalue weighted by Gasteiger charge is 2.31. The zero-order valence-electron chi connectivity index (χ0n) is 14.8. The van der Waals surface area contributed by atoms with Gasteiger partial charge < -0.3 is 4.74 Å². The van der Waals surface area contributed by atoms with Crippen LogP contribution in [0.1, 0.15) is 62.8 Å². The molecule has 1 nitrogen and oxygen atoms in total. The molecular weight excluding hydrogens is 342 g/mol. The SMILES string of the molecule is COc1c(F)cc(C2CCC([C@H]3CC[C@H](/C=C/Cl)CC3)CC2)cc1F. The second-order valence-corrected chi connectivity index (χ2v) is 7.87. The van der Waals surface area contributed by atoms with E-state index >= 15 is 0 Å². The largest absolute Gasteiger partial charge is 0.491 e. The average molecular weight is 369 g/mol. The Labute approximate surface area is 154 Å². The Balaban J connectivity index is 1.56. The molecule has 2 saturated carbocycles. The van der Waals surface area contributed by atoms with E-state index in [4.69, 9.17) is 16.3 Å². The van der Waals surface area contributed by atoms with Crippen LogP contribution in [0.25, 0.3) is 0 Å². The van der Waals surface area contributed by atoms with Crippen molar-refractivity contribution in [1.82, 2.24) is 0 Å². The minimum atomic E-state index is -0.592. The van der Waals surface area contributed by atoms with Crippen LogP contribution < -0.4 is 4.74 Å². The summed E-state index contributed by atoms with van der Waals surface area (Å²) in [6.45, 7) is 0. The van der Waals surface area contributed by atoms with Gasteiger partial charge in [0.05, 0.1) is 7.11 Å². The first kappa shape index (κ1) is 18.7. The summed E-state index contributed by atoms with van der Waals surface area (Å²) in [5, 5.41) is 0. The van der Waals surface area contributed by atoms with Crippen LogP contribution in [0.5, 0.6) is 5.75 Å². The molecule has 0 aliphatic heterocycles. The predicted molar refractivity (Wildman–Crippen MR) is 98.1 cm³/mol. The molecule has 0 unspecified atom stereocenters. The predicted octanol–water partition coefficient (Wildman–Crippen LogP) is 6.81. The fourth-order valence-corrected chi connectivity index (χ4v) is 5.05. The van der Waals surface area contributed by atoms with Gasteiger partial charge in [0.25, 0.3) is 0 Å². The van der Waals surface area contributed by atoms with Crippen molar-refractivity contribution in [3.8, 4) is 5.75 Å². The number of benzene rings is 1. The molecule has 1 aromatic rings. The summed E-state index contributed by atoms with van der Waals surface area (Å²) in [6, 6.07) is 2.91. The molecule has 0 aromatic heterocycles. The fraction of sp³-hybridized carbons (Fsp3) is 0.619. The van der Waals surface area contributed by atoms with E-state index in [-0.39, 0.29) is 11.7 Å². The summed E-state index contributed by atoms with van der Waals surface area (Å²) in [4.78, 5) is 0. The number of hydrogen-bond acceptors (Lipinski definition) is 1. The third-order valence-corrected chi connectivity index (χ3v) is 6.44. The number of halogens is 3. The lowest BCUT2D eigenvalue weighted by Gasteiger charge is -2.37. The van der Waals surface area contributed by atoms with Gasteiger partial charge in [0.2, 0.25) is 0 Å². The van der Waals surface area contributed by atoms with Crippen LogP contribution in [-0.2, 0) is 0 Å². The molecule has 25 heavy (non-hydrogen) atoms. The number of hydrogen-bond donors (Lipinski definition) is 0. The van der Waals surface area contributed by atoms with E-state index < -0.39 is 11.6 Å². The molecule has 0 N–H and O–H groups in total. The number of methoxy groups -OCH3 is 1. The van der Waals surface area contributed by atoms with Crippen molar-refractivity contribution in [1.29, 1.82) is 0 Å². The fourth-order valence-electron chi connectivity index (χ4n) is 4.85. The van der Waals surface area contributed by atoms with Crippen LogP contribution in [0.3, 0.4) is 0 Å². The monoisotopic (exact) mass is 368 g/mol. The van der Waals surface area contributed by atoms with E-state index in [2.05, 4.69) is 6.08 Å². The average Bonchev–Trinajstić information content (AvgIpc) is 2.62. The second-order valence-electron chi connectivity index (χ2n) is 7.62. The Hall–Kier alpha value is -1.09. The Morgan fingerprint density at radius 2 is 1.44 bits per heavy atom. The molecule has 2 aliphatic carbocycles. The maximum atomic E-state index is 14.0. The van der Waals surface area contributed by atoms with Gasteiger partial charge in [0.1, 0.15) is 0 Å². The summed E-state index contributed by atoms with van der Waals surface area (Å²) in [6.07, 6.45) is 11.6. The normalized spacial score (nSPS) is 30.6. The van der Waals surface area contributed by atoms with Gasteiger partial charge in [-0.25, -0.2) is 8.78 Å². The lowest BCUT2D eigenvalue weighted by Crippen LogP contribution is -2.25. The highest BCUT2D eigenvalue weighted by molar-refractivity contribution is 6.25. The molecule has 0 spiro atoms. The van der Waals surface area contributed by atoms with Gasteiger partial charge in [-0.1, -0.05) is 17.7 Å². The van der Waals surface area contributed by atoms with Crippen LogP contribution in [-0.4, -0.2) is 7.11 Å². The molecular formula is C21H27ClF2O. The van der Waals surface area contributed by atoms with E-state index in [9.17, 15) is 8.78 Å². The molecule has 4 heteroatoms. The molecule has 0 heterocycles. The van der Waals surface area contributed by atoms with Crippen molar-refractivity contribution in [2.24, 2.45) is 17.8 Å². The van der Waals surface area contributed by atoms with Crippen LogP contribution >= 0.6 is 11.6 Å². The molecule has 0 atom stereocenters. The Morgan fingerprint density at radius 3 is 1.92 bits per heavy atom. The topological polar surface area (TPSA) is 9.23 Å². The molecule has 138 valence electrons. The summed E-state index contributed by atoms with van der Waals surface area (Å²) in [7, 11) is 1.30. The van der Waals surface area contributed by atoms with Gasteiger partial charge in [-0.15, -0.1) is 0 Å². The van der Waals surface area contributed by atoms with Gasteiger partial charge in [-0.05, 0) is 92.7 Å². The van der Waals surface area contributed by atoms with E-state index in [1.807, 2.05) is 0 Å². The number of allylic oxidation sites excluding steroid dienone is 1. The standard InChI is InChI=1S/C21H27ClF2O/c1-25-21-19(23)12-18(13-20(21)24)17-8-6-16(7-9-17)15-4-2-14(3-5-15)10-11-22/h10-17H,2-9H2,1H3/b11-10+/t14-,15-,16?,17?. The van der Waals surface area contributed by atoms with Gasteiger partial charge in [0, 0.05) is 5.54 Å². The molecule has 2 fully saturated rings. The lowest BCUT2D eigenvalue weighted by atomic mass is 9.68. The third-order valence-electron chi connectivity index (χ3n) is 6.30. The molecule has 0 amide bonds. The minimum absolute atomic E-state index is 0.265. The summed E-state index contributed by atoms with van der Waals surface area (Å²) in [5.74, 6) is 1.03. The minimum Gasteiger partial charge on any atom is -0.491 e. The van der Waals surface area contributed by atoms with Crippen LogP contribution in [0.15, 0.2) is 23.7 Å². The van der Waals surface area contributed by atoms with Crippen LogP contribution in [0, 0.1) is 29.4 Å².